The monoisotopic (exact) mass is 320 g/mol. The van der Waals surface area contributed by atoms with Gasteiger partial charge in [-0.15, -0.1) is 12.4 Å². The van der Waals surface area contributed by atoms with Crippen LogP contribution in [0, 0.1) is 0 Å². The molecule has 116 valence electrons. The van der Waals surface area contributed by atoms with Crippen molar-refractivity contribution < 1.29 is 8.42 Å². The van der Waals surface area contributed by atoms with Gasteiger partial charge in [-0.05, 0) is 37.0 Å². The van der Waals surface area contributed by atoms with E-state index in [0.717, 1.165) is 12.0 Å². The predicted octanol–water partition coefficient (Wildman–Crippen LogP) is 2.59. The molecule has 0 aromatic heterocycles. The van der Waals surface area contributed by atoms with Gasteiger partial charge in [-0.1, -0.05) is 26.0 Å². The van der Waals surface area contributed by atoms with Crippen LogP contribution in [0.4, 0.5) is 0 Å². The molecule has 2 N–H and O–H groups in total. The summed E-state index contributed by atoms with van der Waals surface area (Å²) in [6, 6.07) is 6.93. The molecule has 0 aliphatic carbocycles. The Balaban J connectivity index is 0.00000361. The molecule has 1 aromatic rings. The lowest BCUT2D eigenvalue weighted by Crippen LogP contribution is -2.39. The first-order valence-electron chi connectivity index (χ1n) is 6.62. The lowest BCUT2D eigenvalue weighted by Gasteiger charge is -2.23. The minimum atomic E-state index is -3.45. The Morgan fingerprint density at radius 2 is 1.70 bits per heavy atom. The van der Waals surface area contributed by atoms with E-state index in [1.807, 2.05) is 12.1 Å². The predicted molar refractivity (Wildman–Crippen MR) is 85.9 cm³/mol. The maximum Gasteiger partial charge on any atom is 0.243 e. The largest absolute Gasteiger partial charge is 0.329 e. The van der Waals surface area contributed by atoms with Crippen LogP contribution in [-0.4, -0.2) is 32.4 Å². The fourth-order valence-electron chi connectivity index (χ4n) is 1.76. The van der Waals surface area contributed by atoms with E-state index in [4.69, 9.17) is 5.73 Å². The van der Waals surface area contributed by atoms with Gasteiger partial charge in [-0.3, -0.25) is 0 Å². The molecule has 0 aliphatic rings. The summed E-state index contributed by atoms with van der Waals surface area (Å²) >= 11 is 0. The van der Waals surface area contributed by atoms with Crippen LogP contribution in [0.5, 0.6) is 0 Å². The maximum atomic E-state index is 12.4. The van der Waals surface area contributed by atoms with Crippen molar-refractivity contribution in [1.29, 1.82) is 0 Å². The summed E-state index contributed by atoms with van der Waals surface area (Å²) in [6.45, 7) is 6.35. The van der Waals surface area contributed by atoms with Crippen molar-refractivity contribution >= 4 is 22.4 Å². The number of benzene rings is 1. The molecule has 0 bridgehead atoms. The van der Waals surface area contributed by atoms with Crippen LogP contribution in [0.3, 0.4) is 0 Å². The summed E-state index contributed by atoms with van der Waals surface area (Å²) in [5.74, 6) is 0.442. The smallest absolute Gasteiger partial charge is 0.243 e. The first-order chi connectivity index (χ1) is 8.84. The highest BCUT2D eigenvalue weighted by molar-refractivity contribution is 7.89. The molecule has 2 unspecified atom stereocenters. The molecular formula is C14H25ClN2O2S. The van der Waals surface area contributed by atoms with Crippen molar-refractivity contribution in [2.45, 2.75) is 44.0 Å². The van der Waals surface area contributed by atoms with Gasteiger partial charge in [0.25, 0.3) is 0 Å². The zero-order valence-corrected chi connectivity index (χ0v) is 14.2. The molecule has 1 aromatic carbocycles. The average molecular weight is 321 g/mol. The molecule has 0 heterocycles. The number of sulfonamides is 1. The summed E-state index contributed by atoms with van der Waals surface area (Å²) in [6.07, 6.45) is 1.04. The van der Waals surface area contributed by atoms with Gasteiger partial charge in [0.15, 0.2) is 0 Å². The van der Waals surface area contributed by atoms with Crippen LogP contribution in [0.25, 0.3) is 0 Å². The average Bonchev–Trinajstić information content (AvgIpc) is 2.44. The lowest BCUT2D eigenvalue weighted by atomic mass is 9.99. The van der Waals surface area contributed by atoms with Crippen molar-refractivity contribution in [1.82, 2.24) is 4.31 Å². The van der Waals surface area contributed by atoms with E-state index >= 15 is 0 Å². The van der Waals surface area contributed by atoms with E-state index < -0.39 is 10.0 Å². The normalized spacial score (nSPS) is 14.7. The van der Waals surface area contributed by atoms with Gasteiger partial charge in [0, 0.05) is 19.6 Å². The Morgan fingerprint density at radius 1 is 1.20 bits per heavy atom. The third-order valence-corrected chi connectivity index (χ3v) is 5.69. The maximum absolute atomic E-state index is 12.4. The molecule has 0 aliphatic heterocycles. The Bertz CT molecular complexity index is 502. The van der Waals surface area contributed by atoms with E-state index in [9.17, 15) is 8.42 Å². The van der Waals surface area contributed by atoms with Gasteiger partial charge in [0.1, 0.15) is 0 Å². The topological polar surface area (TPSA) is 63.4 Å². The van der Waals surface area contributed by atoms with Crippen molar-refractivity contribution in [3.8, 4) is 0 Å². The van der Waals surface area contributed by atoms with Gasteiger partial charge < -0.3 is 5.73 Å². The van der Waals surface area contributed by atoms with E-state index in [-0.39, 0.29) is 18.4 Å². The van der Waals surface area contributed by atoms with Gasteiger partial charge in [-0.2, -0.15) is 4.31 Å². The molecule has 0 radical (unpaired) electrons. The van der Waals surface area contributed by atoms with Crippen LogP contribution in [0.1, 0.15) is 38.7 Å². The highest BCUT2D eigenvalue weighted by Gasteiger charge is 2.24. The third kappa shape index (κ3) is 4.19. The molecule has 0 fully saturated rings. The van der Waals surface area contributed by atoms with Crippen molar-refractivity contribution in [3.05, 3.63) is 29.8 Å². The van der Waals surface area contributed by atoms with E-state index in [2.05, 4.69) is 13.8 Å². The zero-order valence-electron chi connectivity index (χ0n) is 12.5. The molecule has 0 saturated carbocycles. The number of hydrogen-bond acceptors (Lipinski definition) is 3. The molecule has 0 amide bonds. The van der Waals surface area contributed by atoms with E-state index in [0.29, 0.717) is 17.4 Å². The standard InChI is InChI=1S/C14H24N2O2S.ClH/c1-5-11(2)13-6-8-14(9-7-13)19(17,18)16(4)12(3)10-15;/h6-9,11-12H,5,10,15H2,1-4H3;1H. The number of halogens is 1. The number of rotatable bonds is 6. The van der Waals surface area contributed by atoms with Crippen LogP contribution < -0.4 is 5.73 Å². The quantitative estimate of drug-likeness (QED) is 0.876. The fourth-order valence-corrected chi connectivity index (χ4v) is 3.13. The Kier molecular flexibility index (Phi) is 7.73. The molecular weight excluding hydrogens is 296 g/mol. The molecule has 1 rings (SSSR count). The summed E-state index contributed by atoms with van der Waals surface area (Å²) in [5, 5.41) is 0. The number of hydrogen-bond donors (Lipinski definition) is 1. The van der Waals surface area contributed by atoms with Gasteiger partial charge in [-0.25, -0.2) is 8.42 Å². The summed E-state index contributed by atoms with van der Waals surface area (Å²) in [7, 11) is -1.88. The van der Waals surface area contributed by atoms with Crippen LogP contribution >= 0.6 is 12.4 Å². The highest BCUT2D eigenvalue weighted by atomic mass is 35.5. The fraction of sp³-hybridized carbons (Fsp3) is 0.571. The SMILES string of the molecule is CCC(C)c1ccc(S(=O)(=O)N(C)C(C)CN)cc1.Cl. The second-order valence-electron chi connectivity index (χ2n) is 4.98. The zero-order chi connectivity index (χ0) is 14.6. The Hall–Kier alpha value is -0.620. The molecule has 4 nitrogen and oxygen atoms in total. The number of nitrogens with zero attached hydrogens (tertiary/aromatic N) is 1. The molecule has 2 atom stereocenters. The van der Waals surface area contributed by atoms with Crippen LogP contribution in [0.2, 0.25) is 0 Å². The van der Waals surface area contributed by atoms with E-state index in [1.54, 1.807) is 26.1 Å². The van der Waals surface area contributed by atoms with Gasteiger partial charge in [0.2, 0.25) is 10.0 Å². The van der Waals surface area contributed by atoms with Crippen molar-refractivity contribution in [2.75, 3.05) is 13.6 Å². The van der Waals surface area contributed by atoms with Crippen molar-refractivity contribution in [2.24, 2.45) is 5.73 Å². The Labute approximate surface area is 128 Å². The van der Waals surface area contributed by atoms with Gasteiger partial charge in [0.05, 0.1) is 4.90 Å². The summed E-state index contributed by atoms with van der Waals surface area (Å²) in [4.78, 5) is 0.322. The summed E-state index contributed by atoms with van der Waals surface area (Å²) in [5.41, 5.74) is 6.69. The van der Waals surface area contributed by atoms with Crippen LogP contribution in [0.15, 0.2) is 29.2 Å². The minimum Gasteiger partial charge on any atom is -0.329 e. The van der Waals surface area contributed by atoms with Crippen LogP contribution in [-0.2, 0) is 10.0 Å². The molecule has 20 heavy (non-hydrogen) atoms. The summed E-state index contributed by atoms with van der Waals surface area (Å²) < 4.78 is 26.0. The van der Waals surface area contributed by atoms with Gasteiger partial charge >= 0.3 is 0 Å². The second kappa shape index (κ2) is 7.98. The molecule has 0 saturated heterocycles. The lowest BCUT2D eigenvalue weighted by molar-refractivity contribution is 0.394. The first kappa shape index (κ1) is 19.4. The van der Waals surface area contributed by atoms with Crippen molar-refractivity contribution in [3.63, 3.8) is 0 Å². The number of nitrogens with two attached hydrogens (primary N) is 1. The second-order valence-corrected chi connectivity index (χ2v) is 6.98. The third-order valence-electron chi connectivity index (χ3n) is 3.70. The molecule has 6 heteroatoms. The number of likely N-dealkylation sites (N-methyl/N-ethyl adjacent to an activating group) is 1. The molecule has 0 spiro atoms. The highest BCUT2D eigenvalue weighted by Crippen LogP contribution is 2.22. The van der Waals surface area contributed by atoms with E-state index in [1.165, 1.54) is 4.31 Å². The minimum absolute atomic E-state index is 0. The first-order valence-corrected chi connectivity index (χ1v) is 8.06. The Morgan fingerprint density at radius 3 is 2.10 bits per heavy atom.